The highest BCUT2D eigenvalue weighted by Gasteiger charge is 2.41. The number of aliphatic hydroxyl groups is 1. The average Bonchev–Trinajstić information content (AvgIpc) is 3.46. The van der Waals surface area contributed by atoms with E-state index in [-0.39, 0.29) is 23.1 Å². The number of hydrogen-bond donors (Lipinski definition) is 2. The highest BCUT2D eigenvalue weighted by molar-refractivity contribution is 6.31. The van der Waals surface area contributed by atoms with E-state index in [1.807, 2.05) is 18.2 Å². The molecule has 3 heterocycles. The summed E-state index contributed by atoms with van der Waals surface area (Å²) in [6.45, 7) is 1.31. The smallest absolute Gasteiger partial charge is 0.261 e. The van der Waals surface area contributed by atoms with E-state index in [0.717, 1.165) is 17.6 Å². The van der Waals surface area contributed by atoms with E-state index >= 15 is 0 Å². The van der Waals surface area contributed by atoms with Crippen LogP contribution in [0.25, 0.3) is 21.8 Å². The highest BCUT2D eigenvalue weighted by Crippen LogP contribution is 2.36. The standard InChI is InChI=1S/C20H16ClF2N5O2.C8H6N2O/c1-12(28-11-25-18-6-13(21)2-4-15(18)19(28)29)20(30,8-27-10-24-9-26-27)16-5-3-14(22)7-17(16)23;11-8-6-3-1-2-4-7(6)9-5-10-8/h2-7,9-12,30H,8H2,1H3;1-5H,(H,9,10,11)/t12-,20-;/m1./s1. The Bertz CT molecular complexity index is 1960. The third kappa shape index (κ3) is 5.60. The Hall–Kier alpha value is -4.81. The number of halogens is 3. The predicted molar refractivity (Wildman–Crippen MR) is 148 cm³/mol. The molecule has 0 fully saturated rings. The summed E-state index contributed by atoms with van der Waals surface area (Å²) in [5.41, 5.74) is -1.56. The van der Waals surface area contributed by atoms with Crippen LogP contribution >= 0.6 is 11.6 Å². The number of nitrogens with one attached hydrogen (secondary N) is 1. The predicted octanol–water partition coefficient (Wildman–Crippen LogP) is 3.99. The van der Waals surface area contributed by atoms with Gasteiger partial charge in [-0.05, 0) is 43.3 Å². The maximum absolute atomic E-state index is 14.7. The molecule has 0 aliphatic rings. The van der Waals surface area contributed by atoms with Crippen molar-refractivity contribution in [2.24, 2.45) is 0 Å². The number of fused-ring (bicyclic) bond motifs is 2. The van der Waals surface area contributed by atoms with Crippen molar-refractivity contribution in [3.63, 3.8) is 0 Å². The van der Waals surface area contributed by atoms with Crippen molar-refractivity contribution in [2.45, 2.75) is 25.1 Å². The second-order valence-electron chi connectivity index (χ2n) is 9.18. The second-order valence-corrected chi connectivity index (χ2v) is 9.62. The molecule has 2 atom stereocenters. The molecule has 41 heavy (non-hydrogen) atoms. The number of aromatic amines is 1. The summed E-state index contributed by atoms with van der Waals surface area (Å²) < 4.78 is 30.7. The molecule has 0 unspecified atom stereocenters. The monoisotopic (exact) mass is 577 g/mol. The third-order valence-corrected chi connectivity index (χ3v) is 6.90. The molecule has 208 valence electrons. The van der Waals surface area contributed by atoms with Gasteiger partial charge in [-0.2, -0.15) is 5.10 Å². The molecule has 2 N–H and O–H groups in total. The van der Waals surface area contributed by atoms with E-state index in [2.05, 4.69) is 25.0 Å². The molecule has 0 spiro atoms. The number of H-pyrrole nitrogens is 1. The van der Waals surface area contributed by atoms with Crippen LogP contribution in [0.15, 0.2) is 95.6 Å². The minimum atomic E-state index is -1.98. The van der Waals surface area contributed by atoms with Crippen LogP contribution in [0.1, 0.15) is 18.5 Å². The van der Waals surface area contributed by atoms with Crippen molar-refractivity contribution in [1.82, 2.24) is 34.3 Å². The van der Waals surface area contributed by atoms with Crippen LogP contribution in [0.3, 0.4) is 0 Å². The van der Waals surface area contributed by atoms with Crippen molar-refractivity contribution in [3.8, 4) is 0 Å². The Morgan fingerprint density at radius 3 is 2.54 bits per heavy atom. The summed E-state index contributed by atoms with van der Waals surface area (Å²) in [6, 6.07) is 13.8. The summed E-state index contributed by atoms with van der Waals surface area (Å²) >= 11 is 5.96. The van der Waals surface area contributed by atoms with Crippen LogP contribution in [0.5, 0.6) is 0 Å². The Kier molecular flexibility index (Phi) is 7.68. The van der Waals surface area contributed by atoms with Crippen molar-refractivity contribution in [2.75, 3.05) is 0 Å². The lowest BCUT2D eigenvalue weighted by Gasteiger charge is -2.35. The molecule has 0 amide bonds. The number of rotatable bonds is 5. The van der Waals surface area contributed by atoms with Crippen LogP contribution in [0.4, 0.5) is 8.78 Å². The molecule has 3 aromatic heterocycles. The van der Waals surface area contributed by atoms with Crippen LogP contribution in [-0.2, 0) is 12.1 Å². The van der Waals surface area contributed by atoms with Crippen molar-refractivity contribution >= 4 is 33.4 Å². The number of para-hydroxylation sites is 1. The molecule has 0 aliphatic heterocycles. The van der Waals surface area contributed by atoms with Crippen LogP contribution in [0, 0.1) is 11.6 Å². The van der Waals surface area contributed by atoms with Gasteiger partial charge in [-0.1, -0.05) is 29.8 Å². The molecule has 13 heteroatoms. The van der Waals surface area contributed by atoms with E-state index in [1.165, 1.54) is 40.6 Å². The van der Waals surface area contributed by atoms with E-state index < -0.39 is 28.8 Å². The second kappa shape index (κ2) is 11.4. The number of nitrogens with zero attached hydrogens (tertiary/aromatic N) is 6. The first-order valence-electron chi connectivity index (χ1n) is 12.3. The van der Waals surface area contributed by atoms with Gasteiger partial charge in [0.1, 0.15) is 29.9 Å². The summed E-state index contributed by atoms with van der Waals surface area (Å²) in [5.74, 6) is -1.73. The van der Waals surface area contributed by atoms with Gasteiger partial charge in [0.2, 0.25) is 0 Å². The van der Waals surface area contributed by atoms with Gasteiger partial charge in [-0.3, -0.25) is 14.2 Å². The van der Waals surface area contributed by atoms with Gasteiger partial charge in [-0.15, -0.1) is 0 Å². The molecule has 0 radical (unpaired) electrons. The van der Waals surface area contributed by atoms with Crippen molar-refractivity contribution in [3.05, 3.63) is 129 Å². The zero-order valence-electron chi connectivity index (χ0n) is 21.4. The minimum Gasteiger partial charge on any atom is -0.381 e. The van der Waals surface area contributed by atoms with Gasteiger partial charge in [0.25, 0.3) is 11.1 Å². The fourth-order valence-corrected chi connectivity index (χ4v) is 4.64. The molecule has 0 saturated heterocycles. The zero-order valence-corrected chi connectivity index (χ0v) is 22.2. The summed E-state index contributed by atoms with van der Waals surface area (Å²) in [4.78, 5) is 38.7. The lowest BCUT2D eigenvalue weighted by atomic mass is 9.86. The molecule has 0 saturated carbocycles. The molecule has 0 aliphatic carbocycles. The number of aromatic nitrogens is 7. The summed E-state index contributed by atoms with van der Waals surface area (Å²) in [6.07, 6.45) is 5.28. The van der Waals surface area contributed by atoms with Crippen LogP contribution in [-0.4, -0.2) is 39.4 Å². The molecule has 3 aromatic carbocycles. The van der Waals surface area contributed by atoms with Gasteiger partial charge in [-0.25, -0.2) is 28.4 Å². The van der Waals surface area contributed by atoms with E-state index in [4.69, 9.17) is 11.6 Å². The maximum Gasteiger partial charge on any atom is 0.261 e. The Labute approximate surface area is 235 Å². The lowest BCUT2D eigenvalue weighted by Crippen LogP contribution is -2.43. The molecule has 0 bridgehead atoms. The molecular formula is C28H22ClF2N7O3. The van der Waals surface area contributed by atoms with Gasteiger partial charge in [0.05, 0.1) is 47.0 Å². The van der Waals surface area contributed by atoms with E-state index in [9.17, 15) is 23.5 Å². The van der Waals surface area contributed by atoms with E-state index in [0.29, 0.717) is 22.0 Å². The number of hydrogen-bond acceptors (Lipinski definition) is 7. The topological polar surface area (TPSA) is 132 Å². The van der Waals surface area contributed by atoms with Gasteiger partial charge in [0, 0.05) is 16.7 Å². The molecule has 6 rings (SSSR count). The SMILES string of the molecule is C[C@@H](n1cnc2cc(Cl)ccc2c1=O)[C@](O)(Cn1cncn1)c1ccc(F)cc1F.O=c1[nH]cnc2ccccc12. The minimum absolute atomic E-state index is 0.0874. The molecular weight excluding hydrogens is 556 g/mol. The molecule has 10 nitrogen and oxygen atoms in total. The Morgan fingerprint density at radius 2 is 1.80 bits per heavy atom. The van der Waals surface area contributed by atoms with Gasteiger partial charge in [0.15, 0.2) is 0 Å². The Balaban J connectivity index is 0.000000255. The number of benzene rings is 3. The average molecular weight is 578 g/mol. The van der Waals surface area contributed by atoms with Crippen molar-refractivity contribution < 1.29 is 13.9 Å². The van der Waals surface area contributed by atoms with Crippen LogP contribution < -0.4 is 11.1 Å². The fraction of sp³-hybridized carbons (Fsp3) is 0.143. The van der Waals surface area contributed by atoms with Crippen molar-refractivity contribution in [1.29, 1.82) is 0 Å². The third-order valence-electron chi connectivity index (χ3n) is 6.67. The Morgan fingerprint density at radius 1 is 1.00 bits per heavy atom. The van der Waals surface area contributed by atoms with Crippen LogP contribution in [0.2, 0.25) is 5.02 Å². The lowest BCUT2D eigenvalue weighted by molar-refractivity contribution is -0.0343. The largest absolute Gasteiger partial charge is 0.381 e. The first-order valence-corrected chi connectivity index (χ1v) is 12.6. The summed E-state index contributed by atoms with van der Waals surface area (Å²) in [5, 5.41) is 16.9. The quantitative estimate of drug-likeness (QED) is 0.317. The highest BCUT2D eigenvalue weighted by atomic mass is 35.5. The summed E-state index contributed by atoms with van der Waals surface area (Å²) in [7, 11) is 0. The molecule has 6 aromatic rings. The fourth-order valence-electron chi connectivity index (χ4n) is 4.48. The zero-order chi connectivity index (χ0) is 29.1. The normalized spacial score (nSPS) is 13.4. The van der Waals surface area contributed by atoms with E-state index in [1.54, 1.807) is 25.1 Å². The first kappa shape index (κ1) is 27.7. The van der Waals surface area contributed by atoms with Gasteiger partial charge >= 0.3 is 0 Å². The maximum atomic E-state index is 14.7. The first-order chi connectivity index (χ1) is 19.7. The van der Waals surface area contributed by atoms with Gasteiger partial charge < -0.3 is 10.1 Å².